The van der Waals surface area contributed by atoms with E-state index in [1.807, 2.05) is 0 Å². The van der Waals surface area contributed by atoms with Crippen molar-refractivity contribution in [1.82, 2.24) is 4.31 Å². The predicted octanol–water partition coefficient (Wildman–Crippen LogP) is 1.06. The van der Waals surface area contributed by atoms with Gasteiger partial charge < -0.3 is 15.2 Å². The van der Waals surface area contributed by atoms with E-state index in [4.69, 9.17) is 15.2 Å². The van der Waals surface area contributed by atoms with Crippen molar-refractivity contribution < 1.29 is 17.9 Å². The van der Waals surface area contributed by atoms with Crippen LogP contribution in [-0.2, 0) is 10.0 Å². The smallest absolute Gasteiger partial charge is 0.246 e. The van der Waals surface area contributed by atoms with Crippen molar-refractivity contribution in [1.29, 1.82) is 0 Å². The first-order valence-corrected chi connectivity index (χ1v) is 8.29. The summed E-state index contributed by atoms with van der Waals surface area (Å²) in [5.74, 6) is 1.18. The fourth-order valence-electron chi connectivity index (χ4n) is 2.44. The van der Waals surface area contributed by atoms with Gasteiger partial charge in [-0.25, -0.2) is 8.42 Å². The highest BCUT2D eigenvalue weighted by Crippen LogP contribution is 2.38. The number of benzene rings is 1. The summed E-state index contributed by atoms with van der Waals surface area (Å²) < 4.78 is 37.2. The van der Waals surface area contributed by atoms with Gasteiger partial charge in [-0.3, -0.25) is 0 Å². The van der Waals surface area contributed by atoms with E-state index in [1.165, 1.54) is 24.6 Å². The molecule has 0 heterocycles. The number of hydrogen-bond donors (Lipinski definition) is 1. The minimum atomic E-state index is -3.65. The van der Waals surface area contributed by atoms with Gasteiger partial charge in [-0.1, -0.05) is 0 Å². The topological polar surface area (TPSA) is 81.9 Å². The summed E-state index contributed by atoms with van der Waals surface area (Å²) in [6, 6.07) is 4.51. The minimum Gasteiger partial charge on any atom is -0.497 e. The maximum absolute atomic E-state index is 12.8. The van der Waals surface area contributed by atoms with Gasteiger partial charge in [-0.05, 0) is 30.9 Å². The Hall–Kier alpha value is -1.31. The van der Waals surface area contributed by atoms with Gasteiger partial charge in [0.15, 0.2) is 0 Å². The molecule has 0 spiro atoms. The molecule has 1 aliphatic rings. The lowest BCUT2D eigenvalue weighted by Crippen LogP contribution is -2.43. The van der Waals surface area contributed by atoms with Crippen LogP contribution in [0.25, 0.3) is 0 Å². The molecule has 6 nitrogen and oxygen atoms in total. The molecule has 1 unspecified atom stereocenters. The largest absolute Gasteiger partial charge is 0.497 e. The van der Waals surface area contributed by atoms with Crippen LogP contribution in [0.2, 0.25) is 0 Å². The third-order valence-electron chi connectivity index (χ3n) is 3.90. The summed E-state index contributed by atoms with van der Waals surface area (Å²) in [4.78, 5) is 0.132. The molecule has 2 N–H and O–H groups in total. The highest BCUT2D eigenvalue weighted by molar-refractivity contribution is 7.89. The summed E-state index contributed by atoms with van der Waals surface area (Å²) in [6.07, 6.45) is 2.06. The molecule has 0 aromatic heterocycles. The lowest BCUT2D eigenvalue weighted by Gasteiger charge is -2.27. The van der Waals surface area contributed by atoms with E-state index in [0.717, 1.165) is 12.8 Å². The van der Waals surface area contributed by atoms with Crippen molar-refractivity contribution in [3.8, 4) is 11.5 Å². The first kappa shape index (κ1) is 16.1. The van der Waals surface area contributed by atoms with Gasteiger partial charge in [0, 0.05) is 25.7 Å². The average Bonchev–Trinajstić information content (AvgIpc) is 3.31. The van der Waals surface area contributed by atoms with Gasteiger partial charge in [0.25, 0.3) is 0 Å². The van der Waals surface area contributed by atoms with Crippen LogP contribution in [0.4, 0.5) is 0 Å². The standard InChI is InChI=1S/C14H22N2O4S/c1-16(12(9-15)10-4-5-10)21(17,18)14-7-6-11(19-2)8-13(14)20-3/h6-8,10,12H,4-5,9,15H2,1-3H3. The molecule has 7 heteroatoms. The summed E-state index contributed by atoms with van der Waals surface area (Å²) in [5.41, 5.74) is 5.75. The molecule has 2 rings (SSSR count). The maximum atomic E-state index is 12.8. The van der Waals surface area contributed by atoms with Crippen LogP contribution >= 0.6 is 0 Å². The molecule has 1 aliphatic carbocycles. The molecule has 0 aliphatic heterocycles. The number of nitrogens with zero attached hydrogens (tertiary/aromatic N) is 1. The minimum absolute atomic E-state index is 0.132. The van der Waals surface area contributed by atoms with E-state index >= 15 is 0 Å². The zero-order valence-corrected chi connectivity index (χ0v) is 13.4. The molecule has 1 aromatic carbocycles. The normalized spacial score (nSPS) is 16.8. The fourth-order valence-corrected chi connectivity index (χ4v) is 4.00. The third-order valence-corrected chi connectivity index (χ3v) is 5.82. The summed E-state index contributed by atoms with van der Waals surface area (Å²) >= 11 is 0. The predicted molar refractivity (Wildman–Crippen MR) is 80.1 cm³/mol. The zero-order valence-electron chi connectivity index (χ0n) is 12.6. The van der Waals surface area contributed by atoms with Crippen molar-refractivity contribution in [3.05, 3.63) is 18.2 Å². The molecule has 1 atom stereocenters. The fraction of sp³-hybridized carbons (Fsp3) is 0.571. The van der Waals surface area contributed by atoms with Crippen LogP contribution in [-0.4, -0.2) is 46.6 Å². The second-order valence-electron chi connectivity index (χ2n) is 5.18. The first-order valence-electron chi connectivity index (χ1n) is 6.85. The van der Waals surface area contributed by atoms with Crippen molar-refractivity contribution in [3.63, 3.8) is 0 Å². The van der Waals surface area contributed by atoms with Crippen LogP contribution in [0.1, 0.15) is 12.8 Å². The van der Waals surface area contributed by atoms with Crippen LogP contribution in [0.5, 0.6) is 11.5 Å². The molecule has 0 radical (unpaired) electrons. The van der Waals surface area contributed by atoms with E-state index in [1.54, 1.807) is 19.2 Å². The summed E-state index contributed by atoms with van der Waals surface area (Å²) in [6.45, 7) is 0.318. The number of sulfonamides is 1. The lowest BCUT2D eigenvalue weighted by atomic mass is 10.2. The van der Waals surface area contributed by atoms with Crippen LogP contribution in [0.15, 0.2) is 23.1 Å². The Kier molecular flexibility index (Phi) is 4.75. The second kappa shape index (κ2) is 6.21. The van der Waals surface area contributed by atoms with E-state index in [0.29, 0.717) is 18.2 Å². The number of nitrogens with two attached hydrogens (primary N) is 1. The van der Waals surface area contributed by atoms with Crippen molar-refractivity contribution >= 4 is 10.0 Å². The molecule has 21 heavy (non-hydrogen) atoms. The van der Waals surface area contributed by atoms with Gasteiger partial charge in [0.2, 0.25) is 10.0 Å². The van der Waals surface area contributed by atoms with Gasteiger partial charge in [-0.15, -0.1) is 0 Å². The van der Waals surface area contributed by atoms with Gasteiger partial charge >= 0.3 is 0 Å². The van der Waals surface area contributed by atoms with Crippen LogP contribution in [0, 0.1) is 5.92 Å². The third kappa shape index (κ3) is 3.14. The average molecular weight is 314 g/mol. The molecule has 0 amide bonds. The number of hydrogen-bond acceptors (Lipinski definition) is 5. The van der Waals surface area contributed by atoms with E-state index in [9.17, 15) is 8.42 Å². The van der Waals surface area contributed by atoms with Crippen molar-refractivity contribution in [2.45, 2.75) is 23.8 Å². The van der Waals surface area contributed by atoms with Gasteiger partial charge in [0.1, 0.15) is 16.4 Å². The molecule has 118 valence electrons. The Bertz CT molecular complexity index is 599. The number of ether oxygens (including phenoxy) is 2. The van der Waals surface area contributed by atoms with E-state index in [-0.39, 0.29) is 16.7 Å². The quantitative estimate of drug-likeness (QED) is 0.814. The summed E-state index contributed by atoms with van der Waals surface area (Å²) in [7, 11) is 0.888. The second-order valence-corrected chi connectivity index (χ2v) is 7.14. The number of likely N-dealkylation sites (N-methyl/N-ethyl adjacent to an activating group) is 1. The molecule has 0 bridgehead atoms. The van der Waals surface area contributed by atoms with Gasteiger partial charge in [0.05, 0.1) is 14.2 Å². The van der Waals surface area contributed by atoms with Crippen molar-refractivity contribution in [2.24, 2.45) is 11.7 Å². The molecule has 1 fully saturated rings. The summed E-state index contributed by atoms with van der Waals surface area (Å²) in [5, 5.41) is 0. The Morgan fingerprint density at radius 3 is 2.48 bits per heavy atom. The molecular weight excluding hydrogens is 292 g/mol. The Morgan fingerprint density at radius 1 is 1.33 bits per heavy atom. The monoisotopic (exact) mass is 314 g/mol. The maximum Gasteiger partial charge on any atom is 0.246 e. The molecule has 1 aromatic rings. The molecule has 0 saturated heterocycles. The van der Waals surface area contributed by atoms with E-state index < -0.39 is 10.0 Å². The zero-order chi connectivity index (χ0) is 15.6. The number of methoxy groups -OCH3 is 2. The number of rotatable bonds is 7. The van der Waals surface area contributed by atoms with Gasteiger partial charge in [-0.2, -0.15) is 4.31 Å². The highest BCUT2D eigenvalue weighted by atomic mass is 32.2. The molecule has 1 saturated carbocycles. The Labute approximate surface area is 125 Å². The first-order chi connectivity index (χ1) is 9.95. The SMILES string of the molecule is COc1ccc(S(=O)(=O)N(C)C(CN)C2CC2)c(OC)c1. The van der Waals surface area contributed by atoms with E-state index in [2.05, 4.69) is 0 Å². The molecular formula is C14H22N2O4S. The van der Waals surface area contributed by atoms with Crippen LogP contribution < -0.4 is 15.2 Å². The highest BCUT2D eigenvalue weighted by Gasteiger charge is 2.39. The Balaban J connectivity index is 2.38. The van der Waals surface area contributed by atoms with Crippen molar-refractivity contribution in [2.75, 3.05) is 27.8 Å². The Morgan fingerprint density at radius 2 is 2.00 bits per heavy atom. The van der Waals surface area contributed by atoms with Crippen LogP contribution in [0.3, 0.4) is 0 Å². The lowest BCUT2D eigenvalue weighted by molar-refractivity contribution is 0.336.